The molecule has 1 unspecified atom stereocenters. The number of thiazole rings is 1. The summed E-state index contributed by atoms with van der Waals surface area (Å²) in [5.41, 5.74) is 1.93. The van der Waals surface area contributed by atoms with Crippen LogP contribution in [0.3, 0.4) is 0 Å². The monoisotopic (exact) mass is 474 g/mol. The van der Waals surface area contributed by atoms with E-state index >= 15 is 0 Å². The third-order valence-corrected chi connectivity index (χ3v) is 5.62. The second kappa shape index (κ2) is 10.5. The van der Waals surface area contributed by atoms with Crippen molar-refractivity contribution in [3.05, 3.63) is 64.1 Å². The van der Waals surface area contributed by atoms with Crippen LogP contribution in [0.2, 0.25) is 5.02 Å². The molecule has 2 aromatic carbocycles. The average Bonchev–Trinajstić information content (AvgIpc) is 3.22. The molecule has 0 aliphatic rings. The SMILES string of the molecule is COc1ccccc1N(C(C)=O)c1nc(COC(=O)C(C)Oc2ccc(Cl)cc2C)cs1. The molecule has 0 spiro atoms. The zero-order valence-electron chi connectivity index (χ0n) is 18.1. The van der Waals surface area contributed by atoms with Crippen LogP contribution in [0.4, 0.5) is 10.8 Å². The van der Waals surface area contributed by atoms with Crippen LogP contribution in [0.15, 0.2) is 47.8 Å². The maximum atomic E-state index is 12.4. The van der Waals surface area contributed by atoms with Gasteiger partial charge in [-0.1, -0.05) is 23.7 Å². The molecule has 0 aliphatic carbocycles. The maximum Gasteiger partial charge on any atom is 0.347 e. The summed E-state index contributed by atoms with van der Waals surface area (Å²) < 4.78 is 16.4. The molecule has 9 heteroatoms. The second-order valence-corrected chi connectivity index (χ2v) is 8.20. The Morgan fingerprint density at radius 2 is 1.94 bits per heavy atom. The van der Waals surface area contributed by atoms with Gasteiger partial charge in [0.1, 0.15) is 18.1 Å². The van der Waals surface area contributed by atoms with E-state index in [1.807, 2.05) is 19.1 Å². The molecule has 0 radical (unpaired) electrons. The fourth-order valence-corrected chi connectivity index (χ4v) is 4.02. The third-order valence-electron chi connectivity index (χ3n) is 4.51. The molecule has 0 fully saturated rings. The van der Waals surface area contributed by atoms with Gasteiger partial charge < -0.3 is 14.2 Å². The van der Waals surface area contributed by atoms with Gasteiger partial charge in [-0.25, -0.2) is 9.78 Å². The normalized spacial score (nSPS) is 11.5. The van der Waals surface area contributed by atoms with Gasteiger partial charge in [0.25, 0.3) is 0 Å². The largest absolute Gasteiger partial charge is 0.495 e. The Morgan fingerprint density at radius 1 is 1.19 bits per heavy atom. The molecule has 32 heavy (non-hydrogen) atoms. The van der Waals surface area contributed by atoms with E-state index in [0.29, 0.717) is 33.0 Å². The molecule has 7 nitrogen and oxygen atoms in total. The molecule has 0 saturated heterocycles. The molecule has 0 N–H and O–H groups in total. The number of halogens is 1. The van der Waals surface area contributed by atoms with Gasteiger partial charge in [0.2, 0.25) is 5.91 Å². The molecule has 168 valence electrons. The lowest BCUT2D eigenvalue weighted by Gasteiger charge is -2.20. The number of carbonyl (C=O) groups excluding carboxylic acids is 2. The first-order valence-corrected chi connectivity index (χ1v) is 11.0. The number of nitrogens with zero attached hydrogens (tertiary/aromatic N) is 2. The summed E-state index contributed by atoms with van der Waals surface area (Å²) in [7, 11) is 1.54. The first-order chi connectivity index (χ1) is 15.3. The lowest BCUT2D eigenvalue weighted by Crippen LogP contribution is -2.26. The summed E-state index contributed by atoms with van der Waals surface area (Å²) >= 11 is 7.22. The van der Waals surface area contributed by atoms with Crippen LogP contribution in [-0.4, -0.2) is 30.1 Å². The number of para-hydroxylation sites is 2. The summed E-state index contributed by atoms with van der Waals surface area (Å²) in [6, 6.07) is 12.3. The van der Waals surface area contributed by atoms with Gasteiger partial charge in [0.05, 0.1) is 18.5 Å². The van der Waals surface area contributed by atoms with Crippen LogP contribution in [0.1, 0.15) is 25.1 Å². The van der Waals surface area contributed by atoms with E-state index in [1.165, 1.54) is 23.2 Å². The van der Waals surface area contributed by atoms with Crippen molar-refractivity contribution in [1.29, 1.82) is 0 Å². The number of carbonyl (C=O) groups is 2. The predicted octanol–water partition coefficient (Wildman–Crippen LogP) is 5.31. The summed E-state index contributed by atoms with van der Waals surface area (Å²) in [5.74, 6) is 0.368. The average molecular weight is 475 g/mol. The van der Waals surface area contributed by atoms with Gasteiger partial charge in [-0.05, 0) is 49.7 Å². The standard InChI is InChI=1S/C23H23ClN2O5S/c1-14-11-17(24)9-10-20(14)31-15(2)22(28)30-12-18-13-32-23(25-18)26(16(3)27)19-7-5-6-8-21(19)29-4/h5-11,13,15H,12H2,1-4H3. The lowest BCUT2D eigenvalue weighted by atomic mass is 10.2. The number of ether oxygens (including phenoxy) is 3. The van der Waals surface area contributed by atoms with E-state index in [-0.39, 0.29) is 12.5 Å². The quantitative estimate of drug-likeness (QED) is 0.412. The Bertz CT molecular complexity index is 1120. The number of aromatic nitrogens is 1. The van der Waals surface area contributed by atoms with Gasteiger partial charge in [-0.15, -0.1) is 11.3 Å². The smallest absolute Gasteiger partial charge is 0.347 e. The van der Waals surface area contributed by atoms with Gasteiger partial charge in [0.15, 0.2) is 11.2 Å². The van der Waals surface area contributed by atoms with Crippen LogP contribution in [0.25, 0.3) is 0 Å². The first-order valence-electron chi connectivity index (χ1n) is 9.77. The minimum Gasteiger partial charge on any atom is -0.495 e. The van der Waals surface area contributed by atoms with Crippen molar-refractivity contribution < 1.29 is 23.8 Å². The minimum absolute atomic E-state index is 0.0414. The van der Waals surface area contributed by atoms with E-state index < -0.39 is 12.1 Å². The molecule has 1 amide bonds. The van der Waals surface area contributed by atoms with Crippen molar-refractivity contribution in [2.45, 2.75) is 33.5 Å². The van der Waals surface area contributed by atoms with Crippen molar-refractivity contribution in [2.75, 3.05) is 12.0 Å². The zero-order chi connectivity index (χ0) is 23.3. The molecule has 0 saturated carbocycles. The fourth-order valence-electron chi connectivity index (χ4n) is 2.93. The van der Waals surface area contributed by atoms with Crippen molar-refractivity contribution in [1.82, 2.24) is 4.98 Å². The van der Waals surface area contributed by atoms with Crippen LogP contribution >= 0.6 is 22.9 Å². The Labute approximate surface area is 195 Å². The Kier molecular flexibility index (Phi) is 7.71. The van der Waals surface area contributed by atoms with Crippen LogP contribution in [-0.2, 0) is 20.9 Å². The van der Waals surface area contributed by atoms with Crippen molar-refractivity contribution in [2.24, 2.45) is 0 Å². The second-order valence-electron chi connectivity index (χ2n) is 6.93. The number of esters is 1. The number of hydrogen-bond acceptors (Lipinski definition) is 7. The molecule has 0 bridgehead atoms. The molecule has 0 aliphatic heterocycles. The van der Waals surface area contributed by atoms with E-state index in [1.54, 1.807) is 49.7 Å². The summed E-state index contributed by atoms with van der Waals surface area (Å²) in [4.78, 5) is 30.6. The van der Waals surface area contributed by atoms with Crippen LogP contribution in [0, 0.1) is 6.92 Å². The van der Waals surface area contributed by atoms with Gasteiger partial charge in [-0.2, -0.15) is 0 Å². The van der Waals surface area contributed by atoms with Gasteiger partial charge in [0, 0.05) is 17.3 Å². The Balaban J connectivity index is 1.66. The van der Waals surface area contributed by atoms with Gasteiger partial charge >= 0.3 is 5.97 Å². The zero-order valence-corrected chi connectivity index (χ0v) is 19.7. The topological polar surface area (TPSA) is 78.0 Å². The van der Waals surface area contributed by atoms with Crippen LogP contribution < -0.4 is 14.4 Å². The molecule has 1 atom stereocenters. The molecule has 3 aromatic rings. The van der Waals surface area contributed by atoms with Crippen molar-refractivity contribution >= 4 is 45.6 Å². The van der Waals surface area contributed by atoms with Gasteiger partial charge in [-0.3, -0.25) is 9.69 Å². The highest BCUT2D eigenvalue weighted by atomic mass is 35.5. The highest BCUT2D eigenvalue weighted by molar-refractivity contribution is 7.14. The molecule has 1 aromatic heterocycles. The highest BCUT2D eigenvalue weighted by Crippen LogP contribution is 2.35. The number of anilines is 2. The number of amides is 1. The number of methoxy groups -OCH3 is 1. The summed E-state index contributed by atoms with van der Waals surface area (Å²) in [6.07, 6.45) is -0.810. The van der Waals surface area contributed by atoms with Crippen molar-refractivity contribution in [3.8, 4) is 11.5 Å². The third kappa shape index (κ3) is 5.57. The lowest BCUT2D eigenvalue weighted by molar-refractivity contribution is -0.152. The van der Waals surface area contributed by atoms with E-state index in [4.69, 9.17) is 25.8 Å². The molecular formula is C23H23ClN2O5S. The summed E-state index contributed by atoms with van der Waals surface area (Å²) in [6.45, 7) is 4.87. The minimum atomic E-state index is -0.810. The number of hydrogen-bond donors (Lipinski definition) is 0. The van der Waals surface area contributed by atoms with E-state index in [9.17, 15) is 9.59 Å². The Morgan fingerprint density at radius 3 is 2.62 bits per heavy atom. The number of aryl methyl sites for hydroxylation is 1. The number of rotatable bonds is 8. The summed E-state index contributed by atoms with van der Waals surface area (Å²) in [5, 5.41) is 2.79. The number of benzene rings is 2. The molecule has 3 rings (SSSR count). The first kappa shape index (κ1) is 23.6. The van der Waals surface area contributed by atoms with Crippen LogP contribution in [0.5, 0.6) is 11.5 Å². The Hall–Kier alpha value is -3.10. The highest BCUT2D eigenvalue weighted by Gasteiger charge is 2.22. The van der Waals surface area contributed by atoms with E-state index in [0.717, 1.165) is 5.56 Å². The molecular weight excluding hydrogens is 452 g/mol. The fraction of sp³-hybridized carbons (Fsp3) is 0.261. The van der Waals surface area contributed by atoms with E-state index in [2.05, 4.69) is 4.98 Å². The maximum absolute atomic E-state index is 12.4. The molecule has 1 heterocycles. The predicted molar refractivity (Wildman–Crippen MR) is 124 cm³/mol. The van der Waals surface area contributed by atoms with Crippen molar-refractivity contribution in [3.63, 3.8) is 0 Å².